The lowest BCUT2D eigenvalue weighted by Crippen LogP contribution is -2.38. The Hall–Kier alpha value is -1.18. The number of hydrogen-bond donors (Lipinski definition) is 0. The normalized spacial score (nSPS) is 16.1. The monoisotopic (exact) mass is 206 g/mol. The minimum absolute atomic E-state index is 0.501. The minimum Gasteiger partial charge on any atom is -0.352 e. The summed E-state index contributed by atoms with van der Waals surface area (Å²) in [4.78, 5) is 4.68. The summed E-state index contributed by atoms with van der Waals surface area (Å²) in [7, 11) is 0. The Morgan fingerprint density at radius 1 is 1.13 bits per heavy atom. The van der Waals surface area contributed by atoms with Gasteiger partial charge in [-0.2, -0.15) is 0 Å². The maximum absolute atomic E-state index is 3.80. The van der Waals surface area contributed by atoms with Crippen molar-refractivity contribution in [2.45, 2.75) is 32.4 Å². The number of nitrogens with zero attached hydrogens (tertiary/aromatic N) is 2. The van der Waals surface area contributed by atoms with Gasteiger partial charge in [0.25, 0.3) is 0 Å². The molecule has 0 unspecified atom stereocenters. The molecule has 0 radical (unpaired) electrons. The molecule has 1 aliphatic heterocycles. The average molecular weight is 206 g/mol. The van der Waals surface area contributed by atoms with E-state index in [0.717, 1.165) is 13.1 Å². The highest BCUT2D eigenvalue weighted by molar-refractivity contribution is 5.00. The third-order valence-corrected chi connectivity index (χ3v) is 2.71. The Balaban J connectivity index is 2.54. The molecule has 0 saturated carbocycles. The smallest absolute Gasteiger partial charge is 0.101 e. The van der Waals surface area contributed by atoms with Gasteiger partial charge in [0.15, 0.2) is 0 Å². The highest BCUT2D eigenvalue weighted by Crippen LogP contribution is 2.20. The van der Waals surface area contributed by atoms with Crippen LogP contribution >= 0.6 is 0 Å². The molecular weight excluding hydrogens is 184 g/mol. The summed E-state index contributed by atoms with van der Waals surface area (Å²) in [5.74, 6) is 0. The van der Waals surface area contributed by atoms with Crippen molar-refractivity contribution in [2.24, 2.45) is 0 Å². The van der Waals surface area contributed by atoms with Gasteiger partial charge in [-0.15, -0.1) is 13.2 Å². The van der Waals surface area contributed by atoms with Crippen LogP contribution in [-0.4, -0.2) is 29.1 Å². The van der Waals surface area contributed by atoms with Crippen LogP contribution in [0.4, 0.5) is 0 Å². The summed E-state index contributed by atoms with van der Waals surface area (Å²) in [6, 6.07) is 0. The second kappa shape index (κ2) is 6.33. The van der Waals surface area contributed by atoms with E-state index < -0.39 is 0 Å². The molecule has 0 aromatic rings. The van der Waals surface area contributed by atoms with Gasteiger partial charge in [-0.3, -0.25) is 0 Å². The molecule has 0 aliphatic carbocycles. The molecule has 2 nitrogen and oxygen atoms in total. The molecule has 0 saturated heterocycles. The molecule has 0 atom stereocenters. The van der Waals surface area contributed by atoms with Crippen molar-refractivity contribution in [3.8, 4) is 0 Å². The van der Waals surface area contributed by atoms with Crippen LogP contribution in [0.25, 0.3) is 0 Å². The van der Waals surface area contributed by atoms with Crippen LogP contribution in [0.5, 0.6) is 0 Å². The number of unbranched alkanes of at least 4 members (excludes halogenated alkanes) is 1. The predicted molar refractivity (Wildman–Crippen MR) is 66.3 cm³/mol. The Morgan fingerprint density at radius 3 is 2.07 bits per heavy atom. The van der Waals surface area contributed by atoms with Crippen LogP contribution in [-0.2, 0) is 0 Å². The molecule has 84 valence electrons. The average Bonchev–Trinajstić information content (AvgIpc) is 2.60. The Kier molecular flexibility index (Phi) is 5.02. The van der Waals surface area contributed by atoms with Gasteiger partial charge in [-0.1, -0.05) is 25.5 Å². The predicted octanol–water partition coefficient (Wildman–Crippen LogP) is 2.96. The molecule has 1 rings (SSSR count). The minimum atomic E-state index is 0.501. The Bertz CT molecular complexity index is 213. The Labute approximate surface area is 93.6 Å². The fourth-order valence-corrected chi connectivity index (χ4v) is 1.94. The molecule has 0 amide bonds. The van der Waals surface area contributed by atoms with E-state index in [2.05, 4.69) is 42.3 Å². The van der Waals surface area contributed by atoms with Gasteiger partial charge in [0.05, 0.1) is 0 Å². The fourth-order valence-electron chi connectivity index (χ4n) is 1.94. The van der Waals surface area contributed by atoms with Gasteiger partial charge in [0, 0.05) is 25.5 Å². The molecule has 0 spiro atoms. The van der Waals surface area contributed by atoms with Gasteiger partial charge in [-0.25, -0.2) is 0 Å². The molecule has 0 N–H and O–H groups in total. The summed E-state index contributed by atoms with van der Waals surface area (Å²) in [5.41, 5.74) is 0. The lowest BCUT2D eigenvalue weighted by atomic mass is 10.2. The first-order valence-corrected chi connectivity index (χ1v) is 5.75. The maximum Gasteiger partial charge on any atom is 0.101 e. The lowest BCUT2D eigenvalue weighted by molar-refractivity contribution is 0.162. The van der Waals surface area contributed by atoms with Crippen molar-refractivity contribution < 1.29 is 0 Å². The van der Waals surface area contributed by atoms with E-state index in [-0.39, 0.29) is 0 Å². The zero-order valence-corrected chi connectivity index (χ0v) is 9.73. The van der Waals surface area contributed by atoms with Crippen molar-refractivity contribution in [3.63, 3.8) is 0 Å². The van der Waals surface area contributed by atoms with Crippen LogP contribution in [0.15, 0.2) is 37.7 Å². The summed E-state index contributed by atoms with van der Waals surface area (Å²) < 4.78 is 0. The first-order chi connectivity index (χ1) is 7.33. The summed E-state index contributed by atoms with van der Waals surface area (Å²) in [5, 5.41) is 0. The second-order valence-electron chi connectivity index (χ2n) is 3.89. The summed E-state index contributed by atoms with van der Waals surface area (Å²) >= 11 is 0. The third kappa shape index (κ3) is 3.15. The van der Waals surface area contributed by atoms with Gasteiger partial charge >= 0.3 is 0 Å². The van der Waals surface area contributed by atoms with Crippen molar-refractivity contribution >= 4 is 0 Å². The van der Waals surface area contributed by atoms with E-state index in [1.54, 1.807) is 0 Å². The van der Waals surface area contributed by atoms with Gasteiger partial charge < -0.3 is 9.80 Å². The van der Waals surface area contributed by atoms with Crippen LogP contribution in [0.2, 0.25) is 0 Å². The lowest BCUT2D eigenvalue weighted by Gasteiger charge is -2.31. The van der Waals surface area contributed by atoms with Crippen molar-refractivity contribution in [2.75, 3.05) is 13.1 Å². The molecule has 1 aliphatic rings. The fraction of sp³-hybridized carbons (Fsp3) is 0.538. The largest absolute Gasteiger partial charge is 0.352 e. The number of rotatable bonds is 7. The summed E-state index contributed by atoms with van der Waals surface area (Å²) in [6.07, 6.45) is 12.5. The zero-order chi connectivity index (χ0) is 11.1. The quantitative estimate of drug-likeness (QED) is 0.591. The molecule has 15 heavy (non-hydrogen) atoms. The first-order valence-electron chi connectivity index (χ1n) is 5.75. The molecule has 0 aromatic carbocycles. The van der Waals surface area contributed by atoms with Crippen molar-refractivity contribution in [1.29, 1.82) is 0 Å². The zero-order valence-electron chi connectivity index (χ0n) is 9.73. The van der Waals surface area contributed by atoms with Crippen LogP contribution in [0.1, 0.15) is 26.2 Å². The van der Waals surface area contributed by atoms with E-state index in [0.29, 0.717) is 6.17 Å². The van der Waals surface area contributed by atoms with Crippen LogP contribution in [0, 0.1) is 0 Å². The van der Waals surface area contributed by atoms with Gasteiger partial charge in [0.2, 0.25) is 0 Å². The molecule has 0 fully saturated rings. The SMILES string of the molecule is C=CCN1C=CN(CC=C)C1CCCC. The topological polar surface area (TPSA) is 6.48 Å². The van der Waals surface area contributed by atoms with E-state index in [1.807, 2.05) is 12.2 Å². The second-order valence-corrected chi connectivity index (χ2v) is 3.89. The standard InChI is InChI=1S/C13H22N2/c1-4-7-8-13-14(9-5-2)11-12-15(13)10-6-3/h5-6,11-13H,2-4,7-10H2,1H3. The molecular formula is C13H22N2. The van der Waals surface area contributed by atoms with E-state index >= 15 is 0 Å². The van der Waals surface area contributed by atoms with Crippen molar-refractivity contribution in [3.05, 3.63) is 37.7 Å². The molecule has 2 heteroatoms. The first kappa shape index (κ1) is 11.9. The van der Waals surface area contributed by atoms with Gasteiger partial charge in [-0.05, 0) is 12.8 Å². The molecule has 1 heterocycles. The Morgan fingerprint density at radius 2 is 1.67 bits per heavy atom. The highest BCUT2D eigenvalue weighted by Gasteiger charge is 2.23. The van der Waals surface area contributed by atoms with Crippen molar-refractivity contribution in [1.82, 2.24) is 9.80 Å². The number of hydrogen-bond acceptors (Lipinski definition) is 2. The molecule has 0 bridgehead atoms. The molecule has 0 aromatic heterocycles. The third-order valence-electron chi connectivity index (χ3n) is 2.71. The maximum atomic E-state index is 3.80. The highest BCUT2D eigenvalue weighted by atomic mass is 15.4. The van der Waals surface area contributed by atoms with Crippen LogP contribution in [0.3, 0.4) is 0 Å². The van der Waals surface area contributed by atoms with Crippen LogP contribution < -0.4 is 0 Å². The van der Waals surface area contributed by atoms with E-state index in [9.17, 15) is 0 Å². The summed E-state index contributed by atoms with van der Waals surface area (Å²) in [6.45, 7) is 11.7. The van der Waals surface area contributed by atoms with E-state index in [1.165, 1.54) is 19.3 Å². The van der Waals surface area contributed by atoms with Gasteiger partial charge in [0.1, 0.15) is 6.17 Å². The van der Waals surface area contributed by atoms with E-state index in [4.69, 9.17) is 0 Å².